The molecule has 2 aliphatic rings. The van der Waals surface area contributed by atoms with E-state index in [0.717, 1.165) is 10.5 Å². The SMILES string of the molecule is S=P(SS)(SC1CCCCC1)SC1CCCCC1. The van der Waals surface area contributed by atoms with Gasteiger partial charge in [-0.3, -0.25) is 0 Å². The van der Waals surface area contributed by atoms with E-state index in [1.165, 1.54) is 64.2 Å². The molecule has 0 heterocycles. The zero-order valence-corrected chi connectivity index (χ0v) is 15.8. The number of hydrogen-bond donors (Lipinski definition) is 1. The molecule has 106 valence electrons. The summed E-state index contributed by atoms with van der Waals surface area (Å²) in [6, 6.07) is 0. The minimum Gasteiger partial charge on any atom is -0.104 e. The first-order valence-corrected chi connectivity index (χ1v) is 15.3. The maximum absolute atomic E-state index is 5.99. The molecule has 0 spiro atoms. The van der Waals surface area contributed by atoms with Crippen LogP contribution in [-0.4, -0.2) is 10.5 Å². The molecule has 0 aromatic carbocycles. The molecular weight excluding hydrogens is 335 g/mol. The van der Waals surface area contributed by atoms with E-state index in [1.807, 2.05) is 0 Å². The Balaban J connectivity index is 1.85. The topological polar surface area (TPSA) is 0 Å². The normalized spacial score (nSPS) is 24.3. The molecule has 2 aliphatic carbocycles. The third kappa shape index (κ3) is 5.44. The average molecular weight is 359 g/mol. The van der Waals surface area contributed by atoms with Crippen LogP contribution in [0, 0.1) is 0 Å². The van der Waals surface area contributed by atoms with Crippen LogP contribution < -0.4 is 0 Å². The Morgan fingerprint density at radius 1 is 0.778 bits per heavy atom. The van der Waals surface area contributed by atoms with Crippen molar-refractivity contribution in [3.63, 3.8) is 0 Å². The average Bonchev–Trinajstić information content (AvgIpc) is 2.41. The molecular formula is C12H23PS5. The molecule has 0 aromatic rings. The van der Waals surface area contributed by atoms with Crippen molar-refractivity contribution in [1.82, 2.24) is 0 Å². The van der Waals surface area contributed by atoms with Gasteiger partial charge in [-0.25, -0.2) is 0 Å². The molecule has 6 heteroatoms. The second-order valence-electron chi connectivity index (χ2n) is 5.26. The predicted molar refractivity (Wildman–Crippen MR) is 99.8 cm³/mol. The van der Waals surface area contributed by atoms with Crippen LogP contribution in [0.3, 0.4) is 0 Å². The summed E-state index contributed by atoms with van der Waals surface area (Å²) in [5.74, 6) is 0. The van der Waals surface area contributed by atoms with E-state index in [2.05, 4.69) is 34.4 Å². The molecule has 0 unspecified atom stereocenters. The highest BCUT2D eigenvalue weighted by Crippen LogP contribution is 2.82. The monoisotopic (exact) mass is 358 g/mol. The van der Waals surface area contributed by atoms with Gasteiger partial charge in [-0.2, -0.15) is 0 Å². The lowest BCUT2D eigenvalue weighted by molar-refractivity contribution is 0.517. The molecule has 18 heavy (non-hydrogen) atoms. The first-order valence-electron chi connectivity index (χ1n) is 7.02. The zero-order valence-electron chi connectivity index (χ0n) is 10.8. The van der Waals surface area contributed by atoms with Gasteiger partial charge in [0.15, 0.2) is 0 Å². The molecule has 2 fully saturated rings. The molecule has 0 aromatic heterocycles. The standard InChI is InChI=1S/C12H23PS5/c14-13(18-15,16-11-7-3-1-4-8-11)17-12-9-5-2-6-10-12/h11-12,15H,1-10H2. The molecule has 0 saturated heterocycles. The van der Waals surface area contributed by atoms with Crippen LogP contribution in [0.2, 0.25) is 0 Å². The van der Waals surface area contributed by atoms with Gasteiger partial charge in [-0.15, -0.1) is 34.4 Å². The minimum absolute atomic E-state index is 0.834. The summed E-state index contributed by atoms with van der Waals surface area (Å²) in [6.07, 6.45) is 14.1. The van der Waals surface area contributed by atoms with Crippen LogP contribution in [0.4, 0.5) is 0 Å². The molecule has 0 atom stereocenters. The Bertz CT molecular complexity index is 260. The van der Waals surface area contributed by atoms with E-state index in [0.29, 0.717) is 0 Å². The van der Waals surface area contributed by atoms with Gasteiger partial charge in [0.2, 0.25) is 0 Å². The minimum atomic E-state index is -1.39. The molecule has 0 radical (unpaired) electrons. The van der Waals surface area contributed by atoms with Gasteiger partial charge < -0.3 is 0 Å². The van der Waals surface area contributed by atoms with Crippen molar-refractivity contribution in [3.05, 3.63) is 0 Å². The van der Waals surface area contributed by atoms with Crippen molar-refractivity contribution < 1.29 is 0 Å². The maximum Gasteiger partial charge on any atom is 0.119 e. The predicted octanol–water partition coefficient (Wildman–Crippen LogP) is 6.92. The number of thiol groups is 1. The highest BCUT2D eigenvalue weighted by Gasteiger charge is 2.29. The first-order chi connectivity index (χ1) is 8.72. The third-order valence-electron chi connectivity index (χ3n) is 3.76. The van der Waals surface area contributed by atoms with Crippen LogP contribution in [0.1, 0.15) is 64.2 Å². The van der Waals surface area contributed by atoms with E-state index in [9.17, 15) is 0 Å². The fourth-order valence-corrected chi connectivity index (χ4v) is 18.3. The van der Waals surface area contributed by atoms with Crippen LogP contribution in [0.15, 0.2) is 0 Å². The van der Waals surface area contributed by atoms with Gasteiger partial charge in [0.05, 0.1) is 0 Å². The highest BCUT2D eigenvalue weighted by atomic mass is 33.7. The van der Waals surface area contributed by atoms with Gasteiger partial charge >= 0.3 is 0 Å². The zero-order chi connectivity index (χ0) is 12.8. The molecule has 2 rings (SSSR count). The summed E-state index contributed by atoms with van der Waals surface area (Å²) in [4.78, 5) is 0. The Labute approximate surface area is 134 Å². The first kappa shape index (κ1) is 16.4. The summed E-state index contributed by atoms with van der Waals surface area (Å²) in [5, 5.41) is 1.67. The second-order valence-corrected chi connectivity index (χ2v) is 22.0. The second kappa shape index (κ2) is 8.48. The Morgan fingerprint density at radius 3 is 1.50 bits per heavy atom. The maximum atomic E-state index is 5.99. The Hall–Kier alpha value is 2.05. The van der Waals surface area contributed by atoms with Crippen molar-refractivity contribution in [2.45, 2.75) is 74.7 Å². The Morgan fingerprint density at radius 2 is 1.17 bits per heavy atom. The summed E-state index contributed by atoms with van der Waals surface area (Å²) in [7, 11) is 1.71. The largest absolute Gasteiger partial charge is 0.119 e. The third-order valence-corrected chi connectivity index (χ3v) is 21.8. The van der Waals surface area contributed by atoms with E-state index < -0.39 is 3.64 Å². The van der Waals surface area contributed by atoms with Crippen LogP contribution in [-0.2, 0) is 11.8 Å². The molecule has 2 saturated carbocycles. The van der Waals surface area contributed by atoms with Gasteiger partial charge in [0.1, 0.15) is 3.64 Å². The van der Waals surface area contributed by atoms with E-state index in [1.54, 1.807) is 10.4 Å². The van der Waals surface area contributed by atoms with E-state index in [-0.39, 0.29) is 0 Å². The fraction of sp³-hybridized carbons (Fsp3) is 1.00. The van der Waals surface area contributed by atoms with Gasteiger partial charge in [-0.05, 0) is 36.1 Å². The van der Waals surface area contributed by atoms with Crippen molar-refractivity contribution in [2.75, 3.05) is 0 Å². The molecule has 0 nitrogen and oxygen atoms in total. The molecule has 0 amide bonds. The lowest BCUT2D eigenvalue weighted by atomic mass is 10.0. The lowest BCUT2D eigenvalue weighted by Gasteiger charge is -2.30. The van der Waals surface area contributed by atoms with Gasteiger partial charge in [-0.1, -0.05) is 50.3 Å². The lowest BCUT2D eigenvalue weighted by Crippen LogP contribution is -2.09. The summed E-state index contributed by atoms with van der Waals surface area (Å²) >= 11 is 14.8. The van der Waals surface area contributed by atoms with Crippen molar-refractivity contribution in [1.29, 1.82) is 0 Å². The summed E-state index contributed by atoms with van der Waals surface area (Å²) in [6.45, 7) is 0. The summed E-state index contributed by atoms with van der Waals surface area (Å²) < 4.78 is -1.39. The molecule has 0 N–H and O–H groups in total. The van der Waals surface area contributed by atoms with Gasteiger partial charge in [0.25, 0.3) is 0 Å². The number of hydrogen-bond acceptors (Lipinski definition) is 5. The van der Waals surface area contributed by atoms with Crippen LogP contribution in [0.25, 0.3) is 0 Å². The highest BCUT2D eigenvalue weighted by molar-refractivity contribution is 9.32. The number of rotatable bonds is 5. The Kier molecular flexibility index (Phi) is 7.74. The quantitative estimate of drug-likeness (QED) is 0.321. The van der Waals surface area contributed by atoms with Crippen LogP contribution >= 0.6 is 48.5 Å². The van der Waals surface area contributed by atoms with Gasteiger partial charge in [0, 0.05) is 10.5 Å². The smallest absolute Gasteiger partial charge is 0.104 e. The van der Waals surface area contributed by atoms with Crippen molar-refractivity contribution >= 4 is 60.3 Å². The fourth-order valence-electron chi connectivity index (χ4n) is 2.77. The van der Waals surface area contributed by atoms with E-state index in [4.69, 9.17) is 11.8 Å². The van der Waals surface area contributed by atoms with Crippen LogP contribution in [0.5, 0.6) is 0 Å². The molecule has 0 aliphatic heterocycles. The van der Waals surface area contributed by atoms with Crippen molar-refractivity contribution in [3.8, 4) is 0 Å². The summed E-state index contributed by atoms with van der Waals surface area (Å²) in [5.41, 5.74) is 0. The van der Waals surface area contributed by atoms with Crippen molar-refractivity contribution in [2.24, 2.45) is 0 Å². The molecule has 0 bridgehead atoms. The van der Waals surface area contributed by atoms with E-state index >= 15 is 0 Å².